The van der Waals surface area contributed by atoms with Gasteiger partial charge in [0.2, 0.25) is 0 Å². The second-order valence-corrected chi connectivity index (χ2v) is 3.41. The van der Waals surface area contributed by atoms with Crippen molar-refractivity contribution in [1.29, 1.82) is 0 Å². The summed E-state index contributed by atoms with van der Waals surface area (Å²) < 4.78 is 0. The third kappa shape index (κ3) is 3.90. The number of carbonyl (C=O) groups is 2. The average Bonchev–Trinajstić information content (AvgIpc) is 2.97. The summed E-state index contributed by atoms with van der Waals surface area (Å²) in [5.74, 6) is 4.39. The van der Waals surface area contributed by atoms with E-state index < -0.39 is 18.0 Å². The number of amides is 2. The van der Waals surface area contributed by atoms with Gasteiger partial charge in [-0.1, -0.05) is 5.92 Å². The van der Waals surface area contributed by atoms with Crippen molar-refractivity contribution in [2.75, 3.05) is 6.54 Å². The summed E-state index contributed by atoms with van der Waals surface area (Å²) >= 11 is 0. The summed E-state index contributed by atoms with van der Waals surface area (Å²) in [6.45, 7) is 1.91. The molecule has 1 unspecified atom stereocenters. The van der Waals surface area contributed by atoms with Crippen molar-refractivity contribution in [2.24, 2.45) is 5.92 Å². The molecule has 1 aliphatic rings. The number of carboxylic acids is 1. The van der Waals surface area contributed by atoms with Gasteiger partial charge in [-0.3, -0.25) is 0 Å². The van der Waals surface area contributed by atoms with Gasteiger partial charge in [0.1, 0.15) is 6.04 Å². The minimum atomic E-state index is -0.978. The first kappa shape index (κ1) is 11.4. The molecule has 1 saturated carbocycles. The van der Waals surface area contributed by atoms with Crippen molar-refractivity contribution in [1.82, 2.24) is 10.6 Å². The normalized spacial score (nSPS) is 15.8. The van der Waals surface area contributed by atoms with Crippen molar-refractivity contribution in [3.8, 4) is 11.8 Å². The highest BCUT2D eigenvalue weighted by atomic mass is 16.4. The molecule has 1 aliphatic carbocycles. The lowest BCUT2D eigenvalue weighted by atomic mass is 10.2. The first-order chi connectivity index (χ1) is 7.15. The Kier molecular flexibility index (Phi) is 3.98. The van der Waals surface area contributed by atoms with E-state index in [1.807, 2.05) is 0 Å². The van der Waals surface area contributed by atoms with Crippen LogP contribution in [0, 0.1) is 17.8 Å². The minimum Gasteiger partial charge on any atom is -0.480 e. The van der Waals surface area contributed by atoms with Crippen LogP contribution >= 0.6 is 0 Å². The predicted octanol–water partition coefficient (Wildman–Crippen LogP) is 0.172. The molecule has 0 aromatic heterocycles. The maximum absolute atomic E-state index is 11.2. The molecule has 0 aromatic carbocycles. The summed E-state index contributed by atoms with van der Waals surface area (Å²) in [4.78, 5) is 22.0. The van der Waals surface area contributed by atoms with E-state index in [0.29, 0.717) is 0 Å². The molecule has 0 spiro atoms. The van der Waals surface area contributed by atoms with Gasteiger partial charge in [0, 0.05) is 0 Å². The van der Waals surface area contributed by atoms with Crippen LogP contribution in [0.5, 0.6) is 0 Å². The fourth-order valence-electron chi connectivity index (χ4n) is 1.22. The molecule has 0 aromatic rings. The van der Waals surface area contributed by atoms with Crippen LogP contribution in [0.2, 0.25) is 0 Å². The van der Waals surface area contributed by atoms with Crippen LogP contribution in [0.4, 0.5) is 4.79 Å². The number of carbonyl (C=O) groups excluding carboxylic acids is 1. The zero-order chi connectivity index (χ0) is 11.3. The number of hydrogen-bond donors (Lipinski definition) is 3. The average molecular weight is 210 g/mol. The van der Waals surface area contributed by atoms with E-state index in [1.165, 1.54) is 0 Å². The smallest absolute Gasteiger partial charge is 0.326 e. The number of urea groups is 1. The zero-order valence-corrected chi connectivity index (χ0v) is 8.54. The summed E-state index contributed by atoms with van der Waals surface area (Å²) in [7, 11) is 0. The van der Waals surface area contributed by atoms with E-state index in [9.17, 15) is 9.59 Å². The van der Waals surface area contributed by atoms with E-state index in [2.05, 4.69) is 22.5 Å². The van der Waals surface area contributed by atoms with Crippen molar-refractivity contribution < 1.29 is 14.7 Å². The molecule has 1 rings (SSSR count). The largest absolute Gasteiger partial charge is 0.480 e. The van der Waals surface area contributed by atoms with Crippen LogP contribution < -0.4 is 10.6 Å². The van der Waals surface area contributed by atoms with Crippen molar-refractivity contribution in [2.45, 2.75) is 25.8 Å². The third-order valence-electron chi connectivity index (χ3n) is 2.16. The Balaban J connectivity index is 2.32. The minimum absolute atomic E-state index is 0.0884. The fourth-order valence-corrected chi connectivity index (χ4v) is 1.22. The Morgan fingerprint density at radius 3 is 2.67 bits per heavy atom. The Bertz CT molecular complexity index is 312. The van der Waals surface area contributed by atoms with Gasteiger partial charge in [-0.15, -0.1) is 5.92 Å². The molecule has 3 N–H and O–H groups in total. The van der Waals surface area contributed by atoms with Gasteiger partial charge >= 0.3 is 12.0 Å². The zero-order valence-electron chi connectivity index (χ0n) is 8.54. The second-order valence-electron chi connectivity index (χ2n) is 3.41. The molecule has 0 aliphatic heterocycles. The first-order valence-electron chi connectivity index (χ1n) is 4.82. The number of rotatable bonds is 4. The second kappa shape index (κ2) is 5.25. The molecule has 15 heavy (non-hydrogen) atoms. The highest BCUT2D eigenvalue weighted by Crippen LogP contribution is 2.32. The first-order valence-corrected chi connectivity index (χ1v) is 4.82. The number of aliphatic carboxylic acids is 1. The highest BCUT2D eigenvalue weighted by Gasteiger charge is 2.37. The van der Waals surface area contributed by atoms with Crippen LogP contribution in [0.25, 0.3) is 0 Å². The van der Waals surface area contributed by atoms with Gasteiger partial charge in [-0.2, -0.15) is 0 Å². The van der Waals surface area contributed by atoms with Gasteiger partial charge in [-0.05, 0) is 25.7 Å². The van der Waals surface area contributed by atoms with Gasteiger partial charge < -0.3 is 15.7 Å². The van der Waals surface area contributed by atoms with Gasteiger partial charge in [0.15, 0.2) is 0 Å². The Hall–Kier alpha value is -1.70. The SMILES string of the molecule is CC#CCNC(=O)NC(C(=O)O)C1CC1. The van der Waals surface area contributed by atoms with E-state index in [4.69, 9.17) is 5.11 Å². The Labute approximate surface area is 88.2 Å². The molecule has 5 heteroatoms. The molecule has 82 valence electrons. The van der Waals surface area contributed by atoms with Crippen LogP contribution in [0.1, 0.15) is 19.8 Å². The van der Waals surface area contributed by atoms with Crippen molar-refractivity contribution in [3.05, 3.63) is 0 Å². The maximum Gasteiger partial charge on any atom is 0.326 e. The summed E-state index contributed by atoms with van der Waals surface area (Å²) in [5.41, 5.74) is 0. The predicted molar refractivity (Wildman–Crippen MR) is 54.1 cm³/mol. The lowest BCUT2D eigenvalue weighted by molar-refractivity contribution is -0.139. The molecule has 1 fully saturated rings. The molecular formula is C10H14N2O3. The molecule has 1 atom stereocenters. The molecule has 5 nitrogen and oxygen atoms in total. The van der Waals surface area contributed by atoms with E-state index in [-0.39, 0.29) is 12.5 Å². The van der Waals surface area contributed by atoms with Gasteiger partial charge in [0.25, 0.3) is 0 Å². The Morgan fingerprint density at radius 2 is 2.20 bits per heavy atom. The van der Waals surface area contributed by atoms with Crippen molar-refractivity contribution in [3.63, 3.8) is 0 Å². The van der Waals surface area contributed by atoms with Crippen molar-refractivity contribution >= 4 is 12.0 Å². The summed E-state index contributed by atoms with van der Waals surface area (Å²) in [6.07, 6.45) is 1.73. The fraction of sp³-hybridized carbons (Fsp3) is 0.600. The van der Waals surface area contributed by atoms with E-state index in [1.54, 1.807) is 6.92 Å². The standard InChI is InChI=1S/C10H14N2O3/c1-2-3-6-11-10(15)12-8(9(13)14)7-4-5-7/h7-8H,4-6H2,1H3,(H,13,14)(H2,11,12,15). The molecule has 0 heterocycles. The van der Waals surface area contributed by atoms with Crippen LogP contribution in [-0.2, 0) is 4.79 Å². The molecule has 0 radical (unpaired) electrons. The monoisotopic (exact) mass is 210 g/mol. The van der Waals surface area contributed by atoms with Crippen LogP contribution in [0.15, 0.2) is 0 Å². The van der Waals surface area contributed by atoms with Gasteiger partial charge in [0.05, 0.1) is 6.54 Å². The molecule has 2 amide bonds. The number of hydrogen-bond acceptors (Lipinski definition) is 2. The van der Waals surface area contributed by atoms with Gasteiger partial charge in [-0.25, -0.2) is 9.59 Å². The molecular weight excluding hydrogens is 196 g/mol. The molecule has 0 saturated heterocycles. The summed E-state index contributed by atoms with van der Waals surface area (Å²) in [5, 5.41) is 13.7. The number of nitrogens with one attached hydrogen (secondary N) is 2. The quantitative estimate of drug-likeness (QED) is 0.579. The highest BCUT2D eigenvalue weighted by molar-refractivity contribution is 5.83. The lowest BCUT2D eigenvalue weighted by Crippen LogP contribution is -2.47. The molecule has 0 bridgehead atoms. The number of carboxylic acid groups (broad SMARTS) is 1. The lowest BCUT2D eigenvalue weighted by Gasteiger charge is -2.13. The summed E-state index contributed by atoms with van der Waals surface area (Å²) in [6, 6.07) is -1.24. The maximum atomic E-state index is 11.2. The third-order valence-corrected chi connectivity index (χ3v) is 2.16. The van der Waals surface area contributed by atoms with E-state index >= 15 is 0 Å². The van der Waals surface area contributed by atoms with E-state index in [0.717, 1.165) is 12.8 Å². The van der Waals surface area contributed by atoms with Crippen LogP contribution in [-0.4, -0.2) is 29.7 Å². The Morgan fingerprint density at radius 1 is 1.53 bits per heavy atom. The van der Waals surface area contributed by atoms with Crippen LogP contribution in [0.3, 0.4) is 0 Å². The topological polar surface area (TPSA) is 78.4 Å².